The summed E-state index contributed by atoms with van der Waals surface area (Å²) in [5, 5.41) is 0. The maximum Gasteiger partial charge on any atom is 0.269 e. The Kier molecular flexibility index (Phi) is 4.05. The van der Waals surface area contributed by atoms with Crippen molar-refractivity contribution >= 4 is 5.91 Å². The van der Waals surface area contributed by atoms with Crippen molar-refractivity contribution in [1.82, 2.24) is 9.47 Å². The van der Waals surface area contributed by atoms with E-state index < -0.39 is 0 Å². The third kappa shape index (κ3) is 2.87. The van der Waals surface area contributed by atoms with Gasteiger partial charge in [-0.2, -0.15) is 0 Å². The van der Waals surface area contributed by atoms with Crippen LogP contribution in [0.4, 0.5) is 0 Å². The van der Waals surface area contributed by atoms with E-state index >= 15 is 0 Å². The fourth-order valence-electron chi connectivity index (χ4n) is 2.19. The predicted octanol–water partition coefficient (Wildman–Crippen LogP) is 2.80. The third-order valence-electron chi connectivity index (χ3n) is 3.24. The second-order valence-corrected chi connectivity index (χ2v) is 4.83. The first kappa shape index (κ1) is 13.4. The monoisotopic (exact) mass is 256 g/mol. The number of aryl methyl sites for hydroxylation is 1. The van der Waals surface area contributed by atoms with Crippen LogP contribution in [0.2, 0.25) is 0 Å². The molecule has 0 aliphatic rings. The van der Waals surface area contributed by atoms with E-state index in [1.807, 2.05) is 30.3 Å². The molecule has 19 heavy (non-hydrogen) atoms. The van der Waals surface area contributed by atoms with E-state index in [-0.39, 0.29) is 5.91 Å². The zero-order valence-corrected chi connectivity index (χ0v) is 11.8. The van der Waals surface area contributed by atoms with Gasteiger partial charge in [0.1, 0.15) is 5.69 Å². The molecule has 2 aromatic rings. The fraction of sp³-hybridized carbons (Fsp3) is 0.312. The van der Waals surface area contributed by atoms with Crippen molar-refractivity contribution in [1.29, 1.82) is 0 Å². The molecule has 2 rings (SSSR count). The van der Waals surface area contributed by atoms with Crippen molar-refractivity contribution in [3.8, 4) is 0 Å². The van der Waals surface area contributed by atoms with E-state index in [9.17, 15) is 4.79 Å². The minimum atomic E-state index is 0.0515. The molecule has 0 saturated carbocycles. The lowest BCUT2D eigenvalue weighted by molar-refractivity contribution is 0.0817. The van der Waals surface area contributed by atoms with E-state index in [2.05, 4.69) is 23.6 Å². The van der Waals surface area contributed by atoms with Gasteiger partial charge in [0.15, 0.2) is 0 Å². The molecule has 3 heteroatoms. The van der Waals surface area contributed by atoms with E-state index in [0.717, 1.165) is 18.7 Å². The van der Waals surface area contributed by atoms with E-state index in [4.69, 9.17) is 0 Å². The minimum absolute atomic E-state index is 0.0515. The highest BCUT2D eigenvalue weighted by atomic mass is 16.2. The summed E-state index contributed by atoms with van der Waals surface area (Å²) in [5.74, 6) is 0.0515. The molecular formula is C16H20N2O. The van der Waals surface area contributed by atoms with Gasteiger partial charge in [0.2, 0.25) is 0 Å². The van der Waals surface area contributed by atoms with Crippen LogP contribution in [0, 0.1) is 0 Å². The summed E-state index contributed by atoms with van der Waals surface area (Å²) in [6, 6.07) is 14.2. The number of benzene rings is 1. The molecule has 0 spiro atoms. The van der Waals surface area contributed by atoms with Crippen molar-refractivity contribution in [3.63, 3.8) is 0 Å². The standard InChI is InChI=1S/C16H20N2O/c1-4-14-10-11-15(16(19)17(2)3)18(14)12-13-8-6-5-7-9-13/h5-11H,4,12H2,1-3H3. The van der Waals surface area contributed by atoms with Gasteiger partial charge in [-0.1, -0.05) is 37.3 Å². The molecule has 1 amide bonds. The van der Waals surface area contributed by atoms with Crippen LogP contribution < -0.4 is 0 Å². The number of hydrogen-bond donors (Lipinski definition) is 0. The summed E-state index contributed by atoms with van der Waals surface area (Å²) in [7, 11) is 3.57. The molecule has 0 atom stereocenters. The van der Waals surface area contributed by atoms with Gasteiger partial charge in [-0.3, -0.25) is 4.79 Å². The number of rotatable bonds is 4. The van der Waals surface area contributed by atoms with Gasteiger partial charge in [-0.15, -0.1) is 0 Å². The van der Waals surface area contributed by atoms with Gasteiger partial charge in [0.05, 0.1) is 0 Å². The van der Waals surface area contributed by atoms with Gasteiger partial charge in [0.25, 0.3) is 5.91 Å². The van der Waals surface area contributed by atoms with Gasteiger partial charge in [-0.05, 0) is 24.1 Å². The first-order valence-corrected chi connectivity index (χ1v) is 6.57. The van der Waals surface area contributed by atoms with Gasteiger partial charge in [0, 0.05) is 26.3 Å². The molecule has 1 aromatic carbocycles. The predicted molar refractivity (Wildman–Crippen MR) is 77.4 cm³/mol. The number of carbonyl (C=O) groups excluding carboxylic acids is 1. The number of hydrogen-bond acceptors (Lipinski definition) is 1. The van der Waals surface area contributed by atoms with Crippen LogP contribution in [0.25, 0.3) is 0 Å². The van der Waals surface area contributed by atoms with Crippen LogP contribution in [0.15, 0.2) is 42.5 Å². The highest BCUT2D eigenvalue weighted by molar-refractivity contribution is 5.92. The van der Waals surface area contributed by atoms with Crippen molar-refractivity contribution < 1.29 is 4.79 Å². The van der Waals surface area contributed by atoms with Crippen molar-refractivity contribution in [2.24, 2.45) is 0 Å². The third-order valence-corrected chi connectivity index (χ3v) is 3.24. The largest absolute Gasteiger partial charge is 0.343 e. The molecule has 1 heterocycles. The lowest BCUT2D eigenvalue weighted by Gasteiger charge is -2.15. The second kappa shape index (κ2) is 5.74. The van der Waals surface area contributed by atoms with Gasteiger partial charge in [-0.25, -0.2) is 0 Å². The summed E-state index contributed by atoms with van der Waals surface area (Å²) in [6.07, 6.45) is 0.924. The molecule has 0 N–H and O–H groups in total. The quantitative estimate of drug-likeness (QED) is 0.825. The van der Waals surface area contributed by atoms with Crippen LogP contribution in [-0.4, -0.2) is 29.5 Å². The zero-order valence-electron chi connectivity index (χ0n) is 11.8. The minimum Gasteiger partial charge on any atom is -0.343 e. The van der Waals surface area contributed by atoms with E-state index in [0.29, 0.717) is 0 Å². The molecule has 0 aliphatic carbocycles. The Hall–Kier alpha value is -2.03. The number of carbonyl (C=O) groups is 1. The normalized spacial score (nSPS) is 10.5. The zero-order chi connectivity index (χ0) is 13.8. The molecule has 0 fully saturated rings. The van der Waals surface area contributed by atoms with Crippen molar-refractivity contribution in [3.05, 3.63) is 59.4 Å². The molecule has 0 unspecified atom stereocenters. The lowest BCUT2D eigenvalue weighted by Crippen LogP contribution is -2.25. The first-order valence-electron chi connectivity index (χ1n) is 6.57. The summed E-state index contributed by atoms with van der Waals surface area (Å²) >= 11 is 0. The number of amides is 1. The molecule has 0 radical (unpaired) electrons. The number of aromatic nitrogens is 1. The topological polar surface area (TPSA) is 25.2 Å². The molecule has 0 bridgehead atoms. The average molecular weight is 256 g/mol. The van der Waals surface area contributed by atoms with Crippen LogP contribution >= 0.6 is 0 Å². The Morgan fingerprint density at radius 1 is 1.11 bits per heavy atom. The Bertz CT molecular complexity index is 555. The van der Waals surface area contributed by atoms with Gasteiger partial charge >= 0.3 is 0 Å². The highest BCUT2D eigenvalue weighted by Gasteiger charge is 2.15. The van der Waals surface area contributed by atoms with Gasteiger partial charge < -0.3 is 9.47 Å². The Morgan fingerprint density at radius 2 is 1.79 bits per heavy atom. The fourth-order valence-corrected chi connectivity index (χ4v) is 2.19. The van der Waals surface area contributed by atoms with Crippen LogP contribution in [0.1, 0.15) is 28.7 Å². The first-order chi connectivity index (χ1) is 9.13. The van der Waals surface area contributed by atoms with Crippen molar-refractivity contribution in [2.45, 2.75) is 19.9 Å². The maximum absolute atomic E-state index is 12.2. The Morgan fingerprint density at radius 3 is 2.37 bits per heavy atom. The van der Waals surface area contributed by atoms with Crippen LogP contribution in [0.3, 0.4) is 0 Å². The average Bonchev–Trinajstić information content (AvgIpc) is 2.81. The molecular weight excluding hydrogens is 236 g/mol. The summed E-state index contributed by atoms with van der Waals surface area (Å²) in [4.78, 5) is 13.8. The number of nitrogens with zero attached hydrogens (tertiary/aromatic N) is 2. The summed E-state index contributed by atoms with van der Waals surface area (Å²) < 4.78 is 2.11. The molecule has 0 aliphatic heterocycles. The molecule has 3 nitrogen and oxygen atoms in total. The van der Waals surface area contributed by atoms with Crippen molar-refractivity contribution in [2.75, 3.05) is 14.1 Å². The Balaban J connectivity index is 2.37. The molecule has 0 saturated heterocycles. The maximum atomic E-state index is 12.2. The second-order valence-electron chi connectivity index (χ2n) is 4.83. The smallest absolute Gasteiger partial charge is 0.269 e. The van der Waals surface area contributed by atoms with E-state index in [1.165, 1.54) is 11.3 Å². The van der Waals surface area contributed by atoms with Crippen LogP contribution in [-0.2, 0) is 13.0 Å². The highest BCUT2D eigenvalue weighted by Crippen LogP contribution is 2.15. The SMILES string of the molecule is CCc1ccc(C(=O)N(C)C)n1Cc1ccccc1. The Labute approximate surface area is 114 Å². The summed E-state index contributed by atoms with van der Waals surface area (Å²) in [6.45, 7) is 2.85. The molecule has 100 valence electrons. The van der Waals surface area contributed by atoms with E-state index in [1.54, 1.807) is 19.0 Å². The lowest BCUT2D eigenvalue weighted by atomic mass is 10.2. The summed E-state index contributed by atoms with van der Waals surface area (Å²) in [5.41, 5.74) is 3.15. The van der Waals surface area contributed by atoms with Crippen LogP contribution in [0.5, 0.6) is 0 Å². The molecule has 1 aromatic heterocycles.